The number of ether oxygens (including phenoxy) is 1. The molecule has 1 aromatic rings. The molecule has 0 radical (unpaired) electrons. The van der Waals surface area contributed by atoms with Crippen molar-refractivity contribution in [3.8, 4) is 0 Å². The van der Waals surface area contributed by atoms with E-state index in [-0.39, 0.29) is 37.4 Å². The molecule has 0 aliphatic heterocycles. The Morgan fingerprint density at radius 3 is 2.32 bits per heavy atom. The third kappa shape index (κ3) is 5.79. The van der Waals surface area contributed by atoms with Crippen molar-refractivity contribution < 1.29 is 19.1 Å². The van der Waals surface area contributed by atoms with Crippen LogP contribution in [-0.2, 0) is 14.3 Å². The smallest absolute Gasteiger partial charge is 0.313 e. The molecule has 0 fully saturated rings. The maximum absolute atomic E-state index is 11.8. The van der Waals surface area contributed by atoms with Gasteiger partial charge >= 0.3 is 5.97 Å². The summed E-state index contributed by atoms with van der Waals surface area (Å²) in [6.07, 6.45) is -0.0883. The van der Waals surface area contributed by atoms with Crippen molar-refractivity contribution in [2.75, 3.05) is 6.61 Å². The number of hydrogen-bond donors (Lipinski definition) is 0. The maximum Gasteiger partial charge on any atom is 0.313 e. The molecule has 0 aliphatic carbocycles. The van der Waals surface area contributed by atoms with E-state index in [2.05, 4.69) is 20.7 Å². The fraction of sp³-hybridized carbons (Fsp3) is 0.357. The average Bonchev–Trinajstić information content (AvgIpc) is 2.37. The van der Waals surface area contributed by atoms with Crippen LogP contribution >= 0.6 is 15.9 Å². The third-order valence-electron chi connectivity index (χ3n) is 2.44. The Morgan fingerprint density at radius 2 is 1.74 bits per heavy atom. The highest BCUT2D eigenvalue weighted by molar-refractivity contribution is 9.10. The Labute approximate surface area is 120 Å². The van der Waals surface area contributed by atoms with Gasteiger partial charge in [0.1, 0.15) is 12.2 Å². The first-order valence-corrected chi connectivity index (χ1v) is 6.78. The van der Waals surface area contributed by atoms with E-state index in [0.717, 1.165) is 4.47 Å². The van der Waals surface area contributed by atoms with Gasteiger partial charge in [-0.2, -0.15) is 0 Å². The molecule has 0 aromatic heterocycles. The van der Waals surface area contributed by atoms with Gasteiger partial charge in [-0.1, -0.05) is 28.1 Å². The summed E-state index contributed by atoms with van der Waals surface area (Å²) in [6, 6.07) is 6.94. The number of Topliss-reactive ketones (excluding diaryl/α,β-unsaturated/α-hetero) is 2. The predicted molar refractivity (Wildman–Crippen MR) is 74.0 cm³/mol. The van der Waals surface area contributed by atoms with E-state index in [1.54, 1.807) is 31.2 Å². The molecule has 0 heterocycles. The number of hydrogen-bond acceptors (Lipinski definition) is 4. The molecule has 0 spiro atoms. The highest BCUT2D eigenvalue weighted by Gasteiger charge is 2.13. The van der Waals surface area contributed by atoms with Crippen molar-refractivity contribution in [3.05, 3.63) is 34.3 Å². The molecule has 0 atom stereocenters. The van der Waals surface area contributed by atoms with Gasteiger partial charge in [0, 0.05) is 22.9 Å². The largest absolute Gasteiger partial charge is 0.466 e. The van der Waals surface area contributed by atoms with Crippen LogP contribution in [0.15, 0.2) is 28.7 Å². The van der Waals surface area contributed by atoms with Crippen LogP contribution in [-0.4, -0.2) is 24.1 Å². The fourth-order valence-corrected chi connectivity index (χ4v) is 1.76. The fourth-order valence-electron chi connectivity index (χ4n) is 1.49. The lowest BCUT2D eigenvalue weighted by molar-refractivity contribution is -0.145. The van der Waals surface area contributed by atoms with Crippen LogP contribution in [0.25, 0.3) is 0 Å². The first kappa shape index (κ1) is 15.6. The molecule has 19 heavy (non-hydrogen) atoms. The monoisotopic (exact) mass is 326 g/mol. The summed E-state index contributed by atoms with van der Waals surface area (Å²) >= 11 is 3.28. The molecule has 0 aliphatic rings. The van der Waals surface area contributed by atoms with Gasteiger partial charge in [0.15, 0.2) is 5.78 Å². The van der Waals surface area contributed by atoms with Crippen LogP contribution in [0, 0.1) is 0 Å². The van der Waals surface area contributed by atoms with Gasteiger partial charge in [0.25, 0.3) is 0 Å². The molecule has 0 unspecified atom stereocenters. The van der Waals surface area contributed by atoms with Gasteiger partial charge in [-0.25, -0.2) is 0 Å². The van der Waals surface area contributed by atoms with Crippen molar-refractivity contribution in [2.45, 2.75) is 26.2 Å². The minimum Gasteiger partial charge on any atom is -0.466 e. The molecule has 0 saturated heterocycles. The van der Waals surface area contributed by atoms with E-state index >= 15 is 0 Å². The van der Waals surface area contributed by atoms with E-state index < -0.39 is 5.97 Å². The van der Waals surface area contributed by atoms with Crippen LogP contribution in [0.5, 0.6) is 0 Å². The summed E-state index contributed by atoms with van der Waals surface area (Å²) in [5.74, 6) is -0.919. The van der Waals surface area contributed by atoms with E-state index in [1.165, 1.54) is 0 Å². The van der Waals surface area contributed by atoms with Crippen LogP contribution < -0.4 is 0 Å². The zero-order valence-electron chi connectivity index (χ0n) is 10.6. The minimum atomic E-state index is -0.538. The maximum atomic E-state index is 11.8. The Bertz CT molecular complexity index is 465. The number of benzene rings is 1. The number of rotatable bonds is 7. The van der Waals surface area contributed by atoms with E-state index in [0.29, 0.717) is 5.56 Å². The van der Waals surface area contributed by atoms with Crippen molar-refractivity contribution in [1.82, 2.24) is 0 Å². The molecule has 102 valence electrons. The zero-order valence-corrected chi connectivity index (χ0v) is 12.2. The highest BCUT2D eigenvalue weighted by atomic mass is 79.9. The van der Waals surface area contributed by atoms with E-state index in [1.807, 2.05) is 0 Å². The van der Waals surface area contributed by atoms with Crippen molar-refractivity contribution in [1.29, 1.82) is 0 Å². The summed E-state index contributed by atoms with van der Waals surface area (Å²) in [4.78, 5) is 34.3. The van der Waals surface area contributed by atoms with Gasteiger partial charge in [-0.15, -0.1) is 0 Å². The lowest BCUT2D eigenvalue weighted by atomic mass is 10.0. The summed E-state index contributed by atoms with van der Waals surface area (Å²) < 4.78 is 5.56. The molecular weight excluding hydrogens is 312 g/mol. The Kier molecular flexibility index (Phi) is 6.42. The van der Waals surface area contributed by atoms with Gasteiger partial charge in [-0.05, 0) is 19.1 Å². The van der Waals surface area contributed by atoms with E-state index in [9.17, 15) is 14.4 Å². The van der Waals surface area contributed by atoms with Crippen LogP contribution in [0.4, 0.5) is 0 Å². The van der Waals surface area contributed by atoms with Crippen molar-refractivity contribution in [2.24, 2.45) is 0 Å². The average molecular weight is 327 g/mol. The summed E-state index contributed by atoms with van der Waals surface area (Å²) in [5.41, 5.74) is 0.562. The quantitative estimate of drug-likeness (QED) is 0.439. The van der Waals surface area contributed by atoms with Gasteiger partial charge in [-0.3, -0.25) is 14.4 Å². The first-order chi connectivity index (χ1) is 9.02. The number of halogens is 1. The lowest BCUT2D eigenvalue weighted by Gasteiger charge is -2.02. The summed E-state index contributed by atoms with van der Waals surface area (Å²) in [6.45, 7) is 1.93. The Morgan fingerprint density at radius 1 is 1.11 bits per heavy atom. The second-order valence-corrected chi connectivity index (χ2v) is 4.87. The van der Waals surface area contributed by atoms with Crippen molar-refractivity contribution in [3.63, 3.8) is 0 Å². The predicted octanol–water partition coefficient (Wildman–Crippen LogP) is 2.93. The molecule has 5 heteroatoms. The number of carbonyl (C=O) groups is 3. The normalized spacial score (nSPS) is 10.0. The molecule has 1 rings (SSSR count). The lowest BCUT2D eigenvalue weighted by Crippen LogP contribution is -2.12. The molecule has 0 saturated carbocycles. The highest BCUT2D eigenvalue weighted by Crippen LogP contribution is 2.13. The van der Waals surface area contributed by atoms with Gasteiger partial charge in [0.2, 0.25) is 0 Å². The summed E-state index contributed by atoms with van der Waals surface area (Å²) in [5, 5.41) is 0. The van der Waals surface area contributed by atoms with E-state index in [4.69, 9.17) is 0 Å². The van der Waals surface area contributed by atoms with Crippen LogP contribution in [0.2, 0.25) is 0 Å². The Hall–Kier alpha value is -1.49. The minimum absolute atomic E-state index is 0.0632. The number of carbonyl (C=O) groups excluding carboxylic acids is 3. The second-order valence-electron chi connectivity index (χ2n) is 3.95. The van der Waals surface area contributed by atoms with Crippen LogP contribution in [0.3, 0.4) is 0 Å². The molecule has 1 aromatic carbocycles. The Balaban J connectivity index is 2.40. The number of ketones is 2. The van der Waals surface area contributed by atoms with Crippen molar-refractivity contribution >= 4 is 33.5 Å². The first-order valence-electron chi connectivity index (χ1n) is 5.99. The third-order valence-corrected chi connectivity index (χ3v) is 2.97. The molecular formula is C14H15BrO4. The number of esters is 1. The molecule has 0 N–H and O–H groups in total. The molecule has 0 bridgehead atoms. The zero-order chi connectivity index (χ0) is 14.3. The molecule has 4 nitrogen and oxygen atoms in total. The van der Waals surface area contributed by atoms with Gasteiger partial charge in [0.05, 0.1) is 6.61 Å². The standard InChI is InChI=1S/C14H15BrO4/c1-2-19-14(18)9-12(16)7-8-13(17)10-3-5-11(15)6-4-10/h3-6H,2,7-9H2,1H3. The van der Waals surface area contributed by atoms with Gasteiger partial charge < -0.3 is 4.74 Å². The topological polar surface area (TPSA) is 60.4 Å². The SMILES string of the molecule is CCOC(=O)CC(=O)CCC(=O)c1ccc(Br)cc1. The summed E-state index contributed by atoms with van der Waals surface area (Å²) in [7, 11) is 0. The molecule has 0 amide bonds. The second kappa shape index (κ2) is 7.84. The van der Waals surface area contributed by atoms with Crippen LogP contribution in [0.1, 0.15) is 36.5 Å².